The minimum absolute atomic E-state index is 0.108. The summed E-state index contributed by atoms with van der Waals surface area (Å²) in [6.07, 6.45) is 3.27. The molecule has 0 aliphatic rings. The number of hydrogen-bond donors (Lipinski definition) is 2. The van der Waals surface area contributed by atoms with Crippen molar-refractivity contribution >= 4 is 15.9 Å². The van der Waals surface area contributed by atoms with Crippen LogP contribution >= 0.6 is 0 Å². The maximum Gasteiger partial charge on any atom is 0.241 e. The highest BCUT2D eigenvalue weighted by Crippen LogP contribution is 2.16. The van der Waals surface area contributed by atoms with Crippen LogP contribution in [0.25, 0.3) is 0 Å². The molecule has 1 aromatic carbocycles. The first-order chi connectivity index (χ1) is 10.9. The van der Waals surface area contributed by atoms with Gasteiger partial charge in [-0.2, -0.15) is 5.10 Å². The molecule has 0 atom stereocenters. The fraction of sp³-hybridized carbons (Fsp3) is 0.333. The summed E-state index contributed by atoms with van der Waals surface area (Å²) in [5, 5.41) is 6.57. The average Bonchev–Trinajstić information content (AvgIpc) is 2.99. The first-order valence-electron chi connectivity index (χ1n) is 7.19. The Kier molecular flexibility index (Phi) is 5.51. The smallest absolute Gasteiger partial charge is 0.241 e. The Morgan fingerprint density at radius 3 is 2.74 bits per heavy atom. The molecule has 1 amide bonds. The van der Waals surface area contributed by atoms with Gasteiger partial charge in [-0.3, -0.25) is 9.48 Å². The van der Waals surface area contributed by atoms with Crippen LogP contribution in [0, 0.1) is 13.8 Å². The Morgan fingerprint density at radius 2 is 2.04 bits per heavy atom. The first-order valence-corrected chi connectivity index (χ1v) is 8.68. The van der Waals surface area contributed by atoms with Gasteiger partial charge in [0.2, 0.25) is 15.9 Å². The summed E-state index contributed by atoms with van der Waals surface area (Å²) >= 11 is 0. The van der Waals surface area contributed by atoms with Crippen LogP contribution in [0.5, 0.6) is 0 Å². The lowest BCUT2D eigenvalue weighted by molar-refractivity contribution is -0.121. The Bertz CT molecular complexity index is 770. The Morgan fingerprint density at radius 1 is 1.26 bits per heavy atom. The van der Waals surface area contributed by atoms with Gasteiger partial charge in [0.15, 0.2) is 0 Å². The zero-order valence-corrected chi connectivity index (χ0v) is 13.9. The molecule has 0 fully saturated rings. The van der Waals surface area contributed by atoms with Crippen LogP contribution in [0.3, 0.4) is 0 Å². The van der Waals surface area contributed by atoms with Crippen LogP contribution in [-0.4, -0.2) is 37.2 Å². The van der Waals surface area contributed by atoms with Crippen LogP contribution in [0.2, 0.25) is 0 Å². The van der Waals surface area contributed by atoms with Gasteiger partial charge in [0.1, 0.15) is 6.54 Å². The minimum Gasteiger partial charge on any atom is -0.353 e. The molecule has 1 aromatic heterocycles. The number of amides is 1. The number of hydrogen-bond acceptors (Lipinski definition) is 4. The summed E-state index contributed by atoms with van der Waals surface area (Å²) < 4.78 is 28.5. The third kappa shape index (κ3) is 4.90. The lowest BCUT2D eigenvalue weighted by Gasteiger charge is -2.11. The zero-order valence-electron chi connectivity index (χ0n) is 13.1. The molecule has 2 N–H and O–H groups in total. The van der Waals surface area contributed by atoms with Crippen molar-refractivity contribution in [2.24, 2.45) is 0 Å². The fourth-order valence-corrected chi connectivity index (χ4v) is 3.42. The summed E-state index contributed by atoms with van der Waals surface area (Å²) in [6, 6.07) is 7.00. The first kappa shape index (κ1) is 17.2. The molecule has 124 valence electrons. The third-order valence-electron chi connectivity index (χ3n) is 3.24. The predicted octanol–water partition coefficient (Wildman–Crippen LogP) is 0.595. The van der Waals surface area contributed by atoms with Crippen molar-refractivity contribution in [3.05, 3.63) is 47.8 Å². The van der Waals surface area contributed by atoms with Crippen LogP contribution in [-0.2, 0) is 21.4 Å². The normalized spacial score (nSPS) is 11.4. The van der Waals surface area contributed by atoms with E-state index in [0.717, 1.165) is 5.56 Å². The molecular weight excluding hydrogens is 316 g/mol. The van der Waals surface area contributed by atoms with Gasteiger partial charge in [-0.25, -0.2) is 13.1 Å². The highest BCUT2D eigenvalue weighted by atomic mass is 32.2. The molecule has 0 radical (unpaired) electrons. The van der Waals surface area contributed by atoms with Crippen molar-refractivity contribution in [1.29, 1.82) is 0 Å². The predicted molar refractivity (Wildman–Crippen MR) is 86.3 cm³/mol. The Labute approximate surface area is 135 Å². The summed E-state index contributed by atoms with van der Waals surface area (Å²) in [5.74, 6) is -0.223. The lowest BCUT2D eigenvalue weighted by atomic mass is 10.2. The van der Waals surface area contributed by atoms with E-state index in [1.165, 1.54) is 4.68 Å². The van der Waals surface area contributed by atoms with Gasteiger partial charge in [0, 0.05) is 25.5 Å². The molecular formula is C15H20N4O3S. The molecule has 0 aliphatic heterocycles. The molecule has 2 aromatic rings. The number of carbonyl (C=O) groups excluding carboxylic acids is 1. The van der Waals surface area contributed by atoms with Gasteiger partial charge >= 0.3 is 0 Å². The molecule has 23 heavy (non-hydrogen) atoms. The van der Waals surface area contributed by atoms with E-state index in [2.05, 4.69) is 15.1 Å². The zero-order chi connectivity index (χ0) is 16.9. The summed E-state index contributed by atoms with van der Waals surface area (Å²) in [7, 11) is -3.58. The van der Waals surface area contributed by atoms with E-state index in [9.17, 15) is 13.2 Å². The van der Waals surface area contributed by atoms with E-state index < -0.39 is 10.0 Å². The van der Waals surface area contributed by atoms with E-state index in [4.69, 9.17) is 0 Å². The van der Waals surface area contributed by atoms with Gasteiger partial charge in [-0.05, 0) is 37.1 Å². The largest absolute Gasteiger partial charge is 0.353 e. The van der Waals surface area contributed by atoms with Crippen molar-refractivity contribution < 1.29 is 13.2 Å². The van der Waals surface area contributed by atoms with Crippen molar-refractivity contribution in [2.75, 3.05) is 13.1 Å². The third-order valence-corrected chi connectivity index (χ3v) is 4.84. The maximum atomic E-state index is 12.3. The Balaban J connectivity index is 1.83. The molecule has 0 saturated heterocycles. The van der Waals surface area contributed by atoms with Gasteiger partial charge in [-0.15, -0.1) is 0 Å². The molecule has 0 aliphatic carbocycles. The van der Waals surface area contributed by atoms with E-state index in [1.807, 2.05) is 13.0 Å². The summed E-state index contributed by atoms with van der Waals surface area (Å²) in [5.41, 5.74) is 1.56. The number of sulfonamides is 1. The average molecular weight is 336 g/mol. The molecule has 0 saturated carbocycles. The lowest BCUT2D eigenvalue weighted by Crippen LogP contribution is -2.36. The van der Waals surface area contributed by atoms with Crippen LogP contribution in [0.4, 0.5) is 0 Å². The topological polar surface area (TPSA) is 93.1 Å². The van der Waals surface area contributed by atoms with Gasteiger partial charge in [0.05, 0.1) is 4.90 Å². The van der Waals surface area contributed by atoms with Crippen molar-refractivity contribution in [1.82, 2.24) is 19.8 Å². The van der Waals surface area contributed by atoms with Gasteiger partial charge < -0.3 is 5.32 Å². The number of carbonyl (C=O) groups is 1. The number of benzene rings is 1. The second-order valence-corrected chi connectivity index (χ2v) is 6.96. The standard InChI is InChI=1S/C15H20N4O3S/c1-12-4-5-13(2)14(10-12)23(21,22)18-8-7-16-15(20)11-19-9-3-6-17-19/h3-6,9-10,18H,7-8,11H2,1-2H3,(H,16,20). The van der Waals surface area contributed by atoms with E-state index in [0.29, 0.717) is 5.56 Å². The molecule has 1 heterocycles. The van der Waals surface area contributed by atoms with Gasteiger partial charge in [-0.1, -0.05) is 12.1 Å². The molecule has 0 spiro atoms. The molecule has 8 heteroatoms. The number of aromatic nitrogens is 2. The monoisotopic (exact) mass is 336 g/mol. The Hall–Kier alpha value is -2.19. The molecule has 7 nitrogen and oxygen atoms in total. The second-order valence-electron chi connectivity index (χ2n) is 5.22. The van der Waals surface area contributed by atoms with Crippen LogP contribution in [0.15, 0.2) is 41.6 Å². The van der Waals surface area contributed by atoms with E-state index >= 15 is 0 Å². The van der Waals surface area contributed by atoms with Gasteiger partial charge in [0.25, 0.3) is 0 Å². The summed E-state index contributed by atoms with van der Waals surface area (Å²) in [6.45, 7) is 4.04. The molecule has 2 rings (SSSR count). The highest BCUT2D eigenvalue weighted by Gasteiger charge is 2.16. The fourth-order valence-electron chi connectivity index (χ4n) is 2.06. The molecule has 0 unspecified atom stereocenters. The number of rotatable bonds is 7. The van der Waals surface area contributed by atoms with Crippen LogP contribution in [0.1, 0.15) is 11.1 Å². The quantitative estimate of drug-likeness (QED) is 0.724. The number of aryl methyl sites for hydroxylation is 2. The maximum absolute atomic E-state index is 12.3. The SMILES string of the molecule is Cc1ccc(C)c(S(=O)(=O)NCCNC(=O)Cn2cccn2)c1. The molecule has 0 bridgehead atoms. The number of nitrogens with one attached hydrogen (secondary N) is 2. The van der Waals surface area contributed by atoms with Crippen LogP contribution < -0.4 is 10.0 Å². The summed E-state index contributed by atoms with van der Waals surface area (Å²) in [4.78, 5) is 11.9. The van der Waals surface area contributed by atoms with E-state index in [1.54, 1.807) is 37.5 Å². The van der Waals surface area contributed by atoms with Crippen molar-refractivity contribution in [3.8, 4) is 0 Å². The highest BCUT2D eigenvalue weighted by molar-refractivity contribution is 7.89. The number of nitrogens with zero attached hydrogens (tertiary/aromatic N) is 2. The van der Waals surface area contributed by atoms with E-state index in [-0.39, 0.29) is 30.4 Å². The van der Waals surface area contributed by atoms with Crippen molar-refractivity contribution in [3.63, 3.8) is 0 Å². The van der Waals surface area contributed by atoms with Crippen molar-refractivity contribution in [2.45, 2.75) is 25.3 Å². The second kappa shape index (κ2) is 7.38. The minimum atomic E-state index is -3.58.